The Labute approximate surface area is 194 Å². The lowest BCUT2D eigenvalue weighted by molar-refractivity contribution is -0.144. The third kappa shape index (κ3) is 4.78. The minimum Gasteiger partial charge on any atom is -0.489 e. The van der Waals surface area contributed by atoms with Crippen molar-refractivity contribution in [2.75, 3.05) is 13.1 Å². The van der Waals surface area contributed by atoms with Crippen LogP contribution < -0.4 is 16.2 Å². The van der Waals surface area contributed by atoms with E-state index in [1.165, 1.54) is 24.3 Å². The summed E-state index contributed by atoms with van der Waals surface area (Å²) in [5, 5.41) is 9.12. The first kappa shape index (κ1) is 24.1. The van der Waals surface area contributed by atoms with Crippen molar-refractivity contribution in [1.29, 1.82) is 0 Å². The molecule has 1 fully saturated rings. The molecule has 1 saturated heterocycles. The molecule has 2 unspecified atom stereocenters. The highest BCUT2D eigenvalue weighted by atomic mass is 35.5. The van der Waals surface area contributed by atoms with Crippen LogP contribution in [0.5, 0.6) is 5.75 Å². The number of hydrogen-bond acceptors (Lipinski definition) is 6. The molecule has 12 heteroatoms. The van der Waals surface area contributed by atoms with Gasteiger partial charge < -0.3 is 26.2 Å². The van der Waals surface area contributed by atoms with E-state index in [9.17, 15) is 23.1 Å². The smallest absolute Gasteiger partial charge is 0.326 e. The van der Waals surface area contributed by atoms with Crippen LogP contribution in [0, 0.1) is 0 Å². The van der Waals surface area contributed by atoms with Crippen LogP contribution in [0.15, 0.2) is 47.4 Å². The molecule has 2 atom stereocenters. The Bertz CT molecular complexity index is 1140. The van der Waals surface area contributed by atoms with Gasteiger partial charge in [-0.1, -0.05) is 29.3 Å². The van der Waals surface area contributed by atoms with Crippen LogP contribution in [0.1, 0.15) is 12.0 Å². The Morgan fingerprint density at radius 3 is 2.41 bits per heavy atom. The molecular formula is C20H21Cl2N3O6S. The number of hydrogen-bond donors (Lipinski definition) is 3. The Hall–Kier alpha value is -2.53. The van der Waals surface area contributed by atoms with Gasteiger partial charge in [0.05, 0.1) is 16.7 Å². The third-order valence-electron chi connectivity index (χ3n) is 5.33. The van der Waals surface area contributed by atoms with Crippen molar-refractivity contribution in [1.82, 2.24) is 4.90 Å². The van der Waals surface area contributed by atoms with Crippen LogP contribution >= 0.6 is 23.2 Å². The first-order chi connectivity index (χ1) is 14.9. The van der Waals surface area contributed by atoms with E-state index in [2.05, 4.69) is 0 Å². The normalized spacial score (nSPS) is 21.2. The van der Waals surface area contributed by atoms with Gasteiger partial charge in [0.25, 0.3) is 0 Å². The minimum atomic E-state index is -4.14. The van der Waals surface area contributed by atoms with Crippen LogP contribution in [0.25, 0.3) is 0 Å². The molecule has 0 aliphatic carbocycles. The van der Waals surface area contributed by atoms with Crippen molar-refractivity contribution in [3.8, 4) is 5.75 Å². The number of piperidine rings is 1. The van der Waals surface area contributed by atoms with Gasteiger partial charge >= 0.3 is 12.0 Å². The van der Waals surface area contributed by atoms with Crippen LogP contribution in [0.4, 0.5) is 4.79 Å². The highest BCUT2D eigenvalue weighted by Crippen LogP contribution is 2.32. The molecule has 32 heavy (non-hydrogen) atoms. The molecule has 172 valence electrons. The quantitative estimate of drug-likeness (QED) is 0.548. The fourth-order valence-electron chi connectivity index (χ4n) is 3.54. The first-order valence-corrected chi connectivity index (χ1v) is 11.7. The van der Waals surface area contributed by atoms with Crippen LogP contribution in [-0.2, 0) is 21.2 Å². The molecule has 1 heterocycles. The standard InChI is InChI=1S/C20H21Cl2N3O6S/c21-13-2-1-12(16(22)9-13)10-31-14-3-5-15(6-4-14)32(29,30)17-7-8-25(19(23)28)11-20(17,24)18(26)27/h1-6,9,17H,7-8,10-11,24H2,(H2,23,28)(H,26,27). The second-order valence-electron chi connectivity index (χ2n) is 7.42. The number of carbonyl (C=O) groups excluding carboxylic acids is 1. The largest absolute Gasteiger partial charge is 0.489 e. The van der Waals surface area contributed by atoms with E-state index in [1.54, 1.807) is 18.2 Å². The van der Waals surface area contributed by atoms with Gasteiger partial charge in [-0.15, -0.1) is 0 Å². The topological polar surface area (TPSA) is 153 Å². The Morgan fingerprint density at radius 1 is 1.19 bits per heavy atom. The summed E-state index contributed by atoms with van der Waals surface area (Å²) >= 11 is 12.0. The lowest BCUT2D eigenvalue weighted by Crippen LogP contribution is -2.69. The van der Waals surface area contributed by atoms with Crippen molar-refractivity contribution in [2.45, 2.75) is 28.7 Å². The van der Waals surface area contributed by atoms with Gasteiger partial charge in [0, 0.05) is 22.2 Å². The van der Waals surface area contributed by atoms with Crippen molar-refractivity contribution in [3.63, 3.8) is 0 Å². The van der Waals surface area contributed by atoms with Gasteiger partial charge in [-0.2, -0.15) is 0 Å². The summed E-state index contributed by atoms with van der Waals surface area (Å²) in [6.07, 6.45) is -0.165. The van der Waals surface area contributed by atoms with E-state index < -0.39 is 39.2 Å². The SMILES string of the molecule is NC(=O)N1CCC(S(=O)(=O)c2ccc(OCc3ccc(Cl)cc3Cl)cc2)C(N)(C(=O)O)C1. The molecule has 0 aromatic heterocycles. The molecule has 1 aliphatic heterocycles. The molecule has 5 N–H and O–H groups in total. The van der Waals surface area contributed by atoms with Gasteiger partial charge in [-0.05, 0) is 42.8 Å². The Morgan fingerprint density at radius 2 is 1.84 bits per heavy atom. The molecule has 2 aromatic rings. The minimum absolute atomic E-state index is 0.0193. The van der Waals surface area contributed by atoms with Crippen molar-refractivity contribution in [3.05, 3.63) is 58.1 Å². The number of urea groups is 1. The van der Waals surface area contributed by atoms with Gasteiger partial charge in [0.15, 0.2) is 9.84 Å². The maximum atomic E-state index is 13.2. The number of likely N-dealkylation sites (tertiary alicyclic amines) is 1. The number of carboxylic acids is 1. The van der Waals surface area contributed by atoms with Gasteiger partial charge in [0.2, 0.25) is 0 Å². The number of sulfone groups is 1. The number of nitrogens with zero attached hydrogens (tertiary/aromatic N) is 1. The number of aliphatic carboxylic acids is 1. The summed E-state index contributed by atoms with van der Waals surface area (Å²) in [6.45, 7) is -0.391. The van der Waals surface area contributed by atoms with Crippen LogP contribution in [0.2, 0.25) is 10.0 Å². The highest BCUT2D eigenvalue weighted by molar-refractivity contribution is 7.92. The fourth-order valence-corrected chi connectivity index (χ4v) is 5.99. The Kier molecular flexibility index (Phi) is 6.89. The first-order valence-electron chi connectivity index (χ1n) is 9.42. The van der Waals surface area contributed by atoms with Gasteiger partial charge in [-0.25, -0.2) is 13.2 Å². The summed E-state index contributed by atoms with van der Waals surface area (Å²) in [6, 6.07) is 9.65. The number of halogens is 2. The summed E-state index contributed by atoms with van der Waals surface area (Å²) in [4.78, 5) is 24.2. The van der Waals surface area contributed by atoms with E-state index in [-0.39, 0.29) is 24.5 Å². The predicted molar refractivity (Wildman–Crippen MR) is 119 cm³/mol. The van der Waals surface area contributed by atoms with Crippen molar-refractivity contribution in [2.24, 2.45) is 11.5 Å². The van der Waals surface area contributed by atoms with Crippen molar-refractivity contribution >= 4 is 45.0 Å². The number of rotatable bonds is 6. The molecular weight excluding hydrogens is 481 g/mol. The average Bonchev–Trinajstić information content (AvgIpc) is 2.73. The zero-order chi connectivity index (χ0) is 23.7. The van der Waals surface area contributed by atoms with E-state index >= 15 is 0 Å². The molecule has 3 rings (SSSR count). The maximum absolute atomic E-state index is 13.2. The number of amides is 2. The summed E-state index contributed by atoms with van der Waals surface area (Å²) in [5.41, 5.74) is 9.70. The number of ether oxygens (including phenoxy) is 1. The number of carbonyl (C=O) groups is 2. The van der Waals surface area contributed by atoms with Crippen LogP contribution in [0.3, 0.4) is 0 Å². The fraction of sp³-hybridized carbons (Fsp3) is 0.300. The van der Waals surface area contributed by atoms with E-state index in [0.29, 0.717) is 21.4 Å². The monoisotopic (exact) mass is 501 g/mol. The number of nitrogens with two attached hydrogens (primary N) is 2. The van der Waals surface area contributed by atoms with E-state index in [1.807, 2.05) is 0 Å². The summed E-state index contributed by atoms with van der Waals surface area (Å²) in [7, 11) is -4.14. The van der Waals surface area contributed by atoms with E-state index in [0.717, 1.165) is 4.90 Å². The lowest BCUT2D eigenvalue weighted by atomic mass is 9.89. The Balaban J connectivity index is 1.79. The maximum Gasteiger partial charge on any atom is 0.326 e. The summed E-state index contributed by atoms with van der Waals surface area (Å²) < 4.78 is 32.1. The second kappa shape index (κ2) is 9.14. The summed E-state index contributed by atoms with van der Waals surface area (Å²) in [5.74, 6) is -1.15. The molecule has 0 radical (unpaired) electrons. The number of carboxylic acid groups (broad SMARTS) is 1. The van der Waals surface area contributed by atoms with E-state index in [4.69, 9.17) is 39.4 Å². The molecule has 0 spiro atoms. The highest BCUT2D eigenvalue weighted by Gasteiger charge is 2.53. The molecule has 9 nitrogen and oxygen atoms in total. The zero-order valence-corrected chi connectivity index (χ0v) is 19.0. The molecule has 0 saturated carbocycles. The van der Waals surface area contributed by atoms with Gasteiger partial charge in [0.1, 0.15) is 17.9 Å². The second-order valence-corrected chi connectivity index (χ2v) is 10.4. The molecule has 1 aliphatic rings. The van der Waals surface area contributed by atoms with Crippen molar-refractivity contribution < 1.29 is 27.9 Å². The van der Waals surface area contributed by atoms with Gasteiger partial charge in [-0.3, -0.25) is 4.79 Å². The predicted octanol–water partition coefficient (Wildman–Crippen LogP) is 2.28. The number of primary amides is 1. The number of benzene rings is 2. The third-order valence-corrected chi connectivity index (χ3v) is 8.26. The average molecular weight is 502 g/mol. The molecule has 2 aromatic carbocycles. The zero-order valence-electron chi connectivity index (χ0n) is 16.7. The molecule has 0 bridgehead atoms. The lowest BCUT2D eigenvalue weighted by Gasteiger charge is -2.41. The van der Waals surface area contributed by atoms with Crippen LogP contribution in [-0.4, -0.2) is 54.3 Å². The molecule has 2 amide bonds.